The maximum Gasteiger partial charge on any atom is 0.291 e. The zero-order valence-electron chi connectivity index (χ0n) is 15.9. The molecule has 2 heterocycles. The van der Waals surface area contributed by atoms with Crippen LogP contribution < -0.4 is 10.6 Å². The molecule has 0 saturated carbocycles. The van der Waals surface area contributed by atoms with E-state index in [-0.39, 0.29) is 11.8 Å². The number of rotatable bonds is 7. The van der Waals surface area contributed by atoms with Gasteiger partial charge in [0.15, 0.2) is 5.82 Å². The molecule has 0 atom stereocenters. The van der Waals surface area contributed by atoms with Crippen LogP contribution in [0.2, 0.25) is 0 Å². The van der Waals surface area contributed by atoms with Crippen molar-refractivity contribution in [2.45, 2.75) is 39.2 Å². The molecule has 144 valence electrons. The zero-order valence-corrected chi connectivity index (χ0v) is 15.9. The summed E-state index contributed by atoms with van der Waals surface area (Å²) in [5.74, 6) is -0.261. The number of fused-ring (bicyclic) bond motifs is 1. The lowest BCUT2D eigenvalue weighted by Crippen LogP contribution is -2.28. The summed E-state index contributed by atoms with van der Waals surface area (Å²) >= 11 is 0. The Morgan fingerprint density at radius 1 is 1.19 bits per heavy atom. The van der Waals surface area contributed by atoms with E-state index in [1.165, 1.54) is 5.56 Å². The maximum absolute atomic E-state index is 12.8. The van der Waals surface area contributed by atoms with Crippen molar-refractivity contribution in [2.24, 2.45) is 0 Å². The number of aromatic nitrogens is 2. The van der Waals surface area contributed by atoms with Gasteiger partial charge in [-0.25, -0.2) is 4.98 Å². The lowest BCUT2D eigenvalue weighted by molar-refractivity contribution is 0.0931. The molecular weight excluding hydrogens is 344 g/mol. The fourth-order valence-electron chi connectivity index (χ4n) is 3.26. The molecule has 0 bridgehead atoms. The topological polar surface area (TPSA) is 85.2 Å². The number of methoxy groups -OCH3 is 1. The molecule has 1 aliphatic heterocycles. The highest BCUT2D eigenvalue weighted by Gasteiger charge is 2.27. The number of amides is 2. The Bertz CT molecular complexity index is 811. The van der Waals surface area contributed by atoms with Crippen molar-refractivity contribution in [3.63, 3.8) is 0 Å². The third kappa shape index (κ3) is 4.36. The smallest absolute Gasteiger partial charge is 0.291 e. The monoisotopic (exact) mass is 370 g/mol. The molecule has 0 radical (unpaired) electrons. The van der Waals surface area contributed by atoms with Crippen molar-refractivity contribution >= 4 is 17.5 Å². The summed E-state index contributed by atoms with van der Waals surface area (Å²) in [7, 11) is 1.58. The van der Waals surface area contributed by atoms with Crippen molar-refractivity contribution < 1.29 is 14.3 Å². The van der Waals surface area contributed by atoms with Crippen LogP contribution in [-0.2, 0) is 24.1 Å². The molecular formula is C20H26N4O3. The van der Waals surface area contributed by atoms with E-state index in [4.69, 9.17) is 4.74 Å². The number of hydrogen-bond acceptors (Lipinski definition) is 4. The summed E-state index contributed by atoms with van der Waals surface area (Å²) in [5, 5.41) is 5.68. The molecule has 0 saturated heterocycles. The van der Waals surface area contributed by atoms with Gasteiger partial charge < -0.3 is 19.9 Å². The molecule has 7 heteroatoms. The van der Waals surface area contributed by atoms with Crippen LogP contribution in [0.1, 0.15) is 52.1 Å². The Labute approximate surface area is 159 Å². The average Bonchev–Trinajstić information content (AvgIpc) is 3.09. The number of nitrogens with one attached hydrogen (secondary N) is 2. The number of aryl methyl sites for hydroxylation is 1. The molecule has 0 fully saturated rings. The van der Waals surface area contributed by atoms with Crippen LogP contribution in [0.4, 0.5) is 5.69 Å². The summed E-state index contributed by atoms with van der Waals surface area (Å²) in [4.78, 5) is 29.7. The van der Waals surface area contributed by atoms with E-state index in [9.17, 15) is 9.59 Å². The third-order valence-electron chi connectivity index (χ3n) is 4.75. The zero-order chi connectivity index (χ0) is 19.2. The number of hydrogen-bond donors (Lipinski definition) is 2. The van der Waals surface area contributed by atoms with Gasteiger partial charge in [-0.05, 0) is 43.4 Å². The van der Waals surface area contributed by atoms with Crippen molar-refractivity contribution in [1.82, 2.24) is 14.9 Å². The van der Waals surface area contributed by atoms with Crippen LogP contribution in [0.25, 0.3) is 0 Å². The Morgan fingerprint density at radius 2 is 1.96 bits per heavy atom. The number of carbonyl (C=O) groups is 2. The predicted molar refractivity (Wildman–Crippen MR) is 103 cm³/mol. The number of anilines is 1. The Kier molecular flexibility index (Phi) is 6.24. The first-order valence-corrected chi connectivity index (χ1v) is 9.40. The summed E-state index contributed by atoms with van der Waals surface area (Å²) < 4.78 is 6.84. The standard InChI is InChI=1S/C20H26N4O3/c1-3-14-7-9-15(10-8-14)22-20(26)18-23-17(19(25)21-11-13-27-2)16-6-4-5-12-24(16)18/h7-10H,3-6,11-13H2,1-2H3,(H,21,25)(H,22,26). The lowest BCUT2D eigenvalue weighted by Gasteiger charge is -2.17. The molecule has 2 aromatic rings. The molecule has 27 heavy (non-hydrogen) atoms. The number of benzene rings is 1. The molecule has 3 rings (SSSR count). The average molecular weight is 370 g/mol. The molecule has 1 aromatic heterocycles. The molecule has 1 aliphatic rings. The van der Waals surface area contributed by atoms with Gasteiger partial charge in [0.25, 0.3) is 11.8 Å². The first kappa shape index (κ1) is 19.1. The van der Waals surface area contributed by atoms with E-state index in [0.29, 0.717) is 31.2 Å². The van der Waals surface area contributed by atoms with E-state index in [1.807, 2.05) is 28.8 Å². The van der Waals surface area contributed by atoms with Crippen LogP contribution in [-0.4, -0.2) is 41.6 Å². The van der Waals surface area contributed by atoms with Gasteiger partial charge in [0, 0.05) is 25.9 Å². The van der Waals surface area contributed by atoms with Gasteiger partial charge in [-0.15, -0.1) is 0 Å². The Morgan fingerprint density at radius 3 is 2.67 bits per heavy atom. The second kappa shape index (κ2) is 8.81. The Hall–Kier alpha value is -2.67. The highest BCUT2D eigenvalue weighted by molar-refractivity contribution is 6.03. The van der Waals surface area contributed by atoms with Crippen LogP contribution in [0.3, 0.4) is 0 Å². The van der Waals surface area contributed by atoms with Crippen molar-refractivity contribution in [1.29, 1.82) is 0 Å². The Balaban J connectivity index is 1.81. The van der Waals surface area contributed by atoms with Crippen molar-refractivity contribution in [2.75, 3.05) is 25.6 Å². The van der Waals surface area contributed by atoms with Gasteiger partial charge in [-0.3, -0.25) is 9.59 Å². The number of carbonyl (C=O) groups excluding carboxylic acids is 2. The van der Waals surface area contributed by atoms with Crippen LogP contribution in [0, 0.1) is 0 Å². The number of nitrogens with zero attached hydrogens (tertiary/aromatic N) is 2. The molecule has 1 aromatic carbocycles. The quantitative estimate of drug-likeness (QED) is 0.733. The highest BCUT2D eigenvalue weighted by atomic mass is 16.5. The molecule has 7 nitrogen and oxygen atoms in total. The largest absolute Gasteiger partial charge is 0.383 e. The van der Waals surface area contributed by atoms with E-state index in [2.05, 4.69) is 22.5 Å². The number of imidazole rings is 1. The van der Waals surface area contributed by atoms with E-state index in [0.717, 1.165) is 37.1 Å². The fourth-order valence-corrected chi connectivity index (χ4v) is 3.26. The van der Waals surface area contributed by atoms with Crippen molar-refractivity contribution in [3.05, 3.63) is 47.0 Å². The second-order valence-corrected chi connectivity index (χ2v) is 6.59. The minimum absolute atomic E-state index is 0.260. The summed E-state index contributed by atoms with van der Waals surface area (Å²) in [6.07, 6.45) is 3.66. The summed E-state index contributed by atoms with van der Waals surface area (Å²) in [5.41, 5.74) is 3.11. The van der Waals surface area contributed by atoms with Gasteiger partial charge in [-0.1, -0.05) is 19.1 Å². The SMILES string of the molecule is CCc1ccc(NC(=O)c2nc(C(=O)NCCOC)c3n2CCCC3)cc1. The van der Waals surface area contributed by atoms with E-state index < -0.39 is 0 Å². The minimum atomic E-state index is -0.293. The fraction of sp³-hybridized carbons (Fsp3) is 0.450. The predicted octanol–water partition coefficient (Wildman–Crippen LogP) is 2.41. The third-order valence-corrected chi connectivity index (χ3v) is 4.75. The van der Waals surface area contributed by atoms with Crippen LogP contribution in [0.5, 0.6) is 0 Å². The first-order valence-electron chi connectivity index (χ1n) is 9.40. The second-order valence-electron chi connectivity index (χ2n) is 6.59. The number of ether oxygens (including phenoxy) is 1. The molecule has 2 N–H and O–H groups in total. The summed E-state index contributed by atoms with van der Waals surface area (Å²) in [6.45, 7) is 3.63. The lowest BCUT2D eigenvalue weighted by atomic mass is 10.1. The van der Waals surface area contributed by atoms with Crippen molar-refractivity contribution in [3.8, 4) is 0 Å². The first-order chi connectivity index (χ1) is 13.1. The summed E-state index contributed by atoms with van der Waals surface area (Å²) in [6, 6.07) is 7.75. The normalized spacial score (nSPS) is 13.1. The molecule has 0 unspecified atom stereocenters. The van der Waals surface area contributed by atoms with Gasteiger partial charge in [-0.2, -0.15) is 0 Å². The van der Waals surface area contributed by atoms with Crippen LogP contribution >= 0.6 is 0 Å². The minimum Gasteiger partial charge on any atom is -0.383 e. The van der Waals surface area contributed by atoms with Gasteiger partial charge in [0.05, 0.1) is 12.3 Å². The van der Waals surface area contributed by atoms with Gasteiger partial charge in [0.2, 0.25) is 0 Å². The molecule has 0 aliphatic carbocycles. The van der Waals surface area contributed by atoms with Gasteiger partial charge >= 0.3 is 0 Å². The van der Waals surface area contributed by atoms with Crippen LogP contribution in [0.15, 0.2) is 24.3 Å². The maximum atomic E-state index is 12.8. The molecule has 0 spiro atoms. The molecule has 2 amide bonds. The van der Waals surface area contributed by atoms with E-state index in [1.54, 1.807) is 7.11 Å². The highest BCUT2D eigenvalue weighted by Crippen LogP contribution is 2.22. The van der Waals surface area contributed by atoms with Gasteiger partial charge in [0.1, 0.15) is 5.69 Å². The van der Waals surface area contributed by atoms with E-state index >= 15 is 0 Å².